The van der Waals surface area contributed by atoms with E-state index in [0.717, 1.165) is 11.1 Å². The molecule has 72 valence electrons. The summed E-state index contributed by atoms with van der Waals surface area (Å²) in [7, 11) is 1.53. The van der Waals surface area contributed by atoms with Gasteiger partial charge in [-0.1, -0.05) is 12.1 Å². The summed E-state index contributed by atoms with van der Waals surface area (Å²) in [5, 5.41) is 3.75. The Balaban J connectivity index is 2.62. The van der Waals surface area contributed by atoms with Gasteiger partial charge in [0.2, 0.25) is 6.39 Å². The van der Waals surface area contributed by atoms with Gasteiger partial charge in [0.05, 0.1) is 7.11 Å². The highest BCUT2D eigenvalue weighted by Gasteiger charge is 2.08. The van der Waals surface area contributed by atoms with Crippen molar-refractivity contribution in [3.8, 4) is 11.4 Å². The van der Waals surface area contributed by atoms with Crippen LogP contribution >= 0.6 is 0 Å². The van der Waals surface area contributed by atoms with E-state index in [4.69, 9.17) is 4.74 Å². The van der Waals surface area contributed by atoms with Crippen LogP contribution in [0.1, 0.15) is 0 Å². The molecule has 14 heavy (non-hydrogen) atoms. The van der Waals surface area contributed by atoms with Crippen LogP contribution in [0.2, 0.25) is 0 Å². The van der Waals surface area contributed by atoms with Crippen molar-refractivity contribution in [2.75, 3.05) is 7.11 Å². The molecule has 0 saturated carbocycles. The molecule has 0 fully saturated rings. The molecule has 0 atom stereocenters. The molecule has 0 unspecified atom stereocenters. The summed E-state index contributed by atoms with van der Waals surface area (Å²) in [6.45, 7) is 0. The molecular weight excluding hydrogens is 184 g/mol. The normalized spacial score (nSPS) is 10.1. The highest BCUT2D eigenvalue weighted by atomic mass is 16.5. The lowest BCUT2D eigenvalue weighted by molar-refractivity contribution is 0.410. The van der Waals surface area contributed by atoms with Gasteiger partial charge in [0.15, 0.2) is 0 Å². The highest BCUT2D eigenvalue weighted by molar-refractivity contribution is 5.45. The van der Waals surface area contributed by atoms with Crippen LogP contribution in [-0.4, -0.2) is 16.9 Å². The molecule has 1 heterocycles. The first kappa shape index (κ1) is 8.55. The Morgan fingerprint density at radius 2 is 2.21 bits per heavy atom. The summed E-state index contributed by atoms with van der Waals surface area (Å²) >= 11 is 0. The van der Waals surface area contributed by atoms with E-state index in [0.29, 0.717) is 11.4 Å². The third-order valence-electron chi connectivity index (χ3n) is 1.80. The number of benzene rings is 1. The minimum absolute atomic E-state index is 0.533. The summed E-state index contributed by atoms with van der Waals surface area (Å²) in [4.78, 5) is 11.2. The van der Waals surface area contributed by atoms with E-state index in [2.05, 4.69) is 9.52 Å². The molecule has 0 aliphatic rings. The zero-order valence-electron chi connectivity index (χ0n) is 7.51. The zero-order valence-corrected chi connectivity index (χ0v) is 7.51. The smallest absolute Gasteiger partial charge is 0.441 e. The Kier molecular flexibility index (Phi) is 2.06. The molecule has 2 aromatic rings. The van der Waals surface area contributed by atoms with Crippen molar-refractivity contribution in [2.45, 2.75) is 0 Å². The molecule has 0 spiro atoms. The molecule has 1 aromatic carbocycles. The van der Waals surface area contributed by atoms with Crippen LogP contribution in [0.3, 0.4) is 0 Å². The topological polar surface area (TPSA) is 57.3 Å². The average molecular weight is 192 g/mol. The summed E-state index contributed by atoms with van der Waals surface area (Å²) in [6, 6.07) is 7.08. The third-order valence-corrected chi connectivity index (χ3v) is 1.80. The number of aromatic nitrogens is 2. The van der Waals surface area contributed by atoms with Crippen molar-refractivity contribution in [1.29, 1.82) is 0 Å². The van der Waals surface area contributed by atoms with Gasteiger partial charge in [-0.15, -0.1) is 5.10 Å². The molecule has 2 rings (SSSR count). The summed E-state index contributed by atoms with van der Waals surface area (Å²) in [5.74, 6) is 0.0398. The van der Waals surface area contributed by atoms with E-state index in [1.54, 1.807) is 18.2 Å². The zero-order chi connectivity index (χ0) is 9.97. The fourth-order valence-corrected chi connectivity index (χ4v) is 1.18. The second-order valence-corrected chi connectivity index (χ2v) is 2.59. The second-order valence-electron chi connectivity index (χ2n) is 2.59. The van der Waals surface area contributed by atoms with Crippen molar-refractivity contribution in [1.82, 2.24) is 9.78 Å². The monoisotopic (exact) mass is 192 g/mol. The van der Waals surface area contributed by atoms with E-state index in [-0.39, 0.29) is 0 Å². The predicted molar refractivity (Wildman–Crippen MR) is 48.7 cm³/mol. The van der Waals surface area contributed by atoms with Crippen molar-refractivity contribution in [2.24, 2.45) is 0 Å². The lowest BCUT2D eigenvalue weighted by Crippen LogP contribution is -2.14. The van der Waals surface area contributed by atoms with Crippen LogP contribution in [0.5, 0.6) is 5.75 Å². The van der Waals surface area contributed by atoms with E-state index in [9.17, 15) is 4.79 Å². The average Bonchev–Trinajstić information content (AvgIpc) is 2.64. The molecule has 0 saturated heterocycles. The lowest BCUT2D eigenvalue weighted by atomic mass is 10.3. The van der Waals surface area contributed by atoms with Crippen LogP contribution in [-0.2, 0) is 0 Å². The molecule has 0 aliphatic heterocycles. The van der Waals surface area contributed by atoms with E-state index >= 15 is 0 Å². The number of ether oxygens (including phenoxy) is 1. The van der Waals surface area contributed by atoms with E-state index < -0.39 is 5.76 Å². The van der Waals surface area contributed by atoms with Crippen LogP contribution < -0.4 is 10.5 Å². The molecule has 5 heteroatoms. The number of hydrogen-bond acceptors (Lipinski definition) is 4. The van der Waals surface area contributed by atoms with Gasteiger partial charge >= 0.3 is 5.76 Å². The van der Waals surface area contributed by atoms with Gasteiger partial charge in [-0.05, 0) is 12.1 Å². The first-order valence-electron chi connectivity index (χ1n) is 3.99. The minimum atomic E-state index is -0.533. The van der Waals surface area contributed by atoms with Gasteiger partial charge in [-0.25, -0.2) is 4.79 Å². The maximum absolute atomic E-state index is 11.2. The molecule has 0 aliphatic carbocycles. The van der Waals surface area contributed by atoms with Gasteiger partial charge in [0, 0.05) is 0 Å². The van der Waals surface area contributed by atoms with Crippen molar-refractivity contribution in [3.63, 3.8) is 0 Å². The van der Waals surface area contributed by atoms with Crippen LogP contribution in [0.15, 0.2) is 39.9 Å². The number of rotatable bonds is 2. The minimum Gasteiger partial charge on any atom is -0.494 e. The number of para-hydroxylation sites is 2. The van der Waals surface area contributed by atoms with Gasteiger partial charge in [-0.2, -0.15) is 4.68 Å². The number of hydrogen-bond donors (Lipinski definition) is 0. The fraction of sp³-hybridized carbons (Fsp3) is 0.111. The molecule has 5 nitrogen and oxygen atoms in total. The second kappa shape index (κ2) is 3.37. The predicted octanol–water partition coefficient (Wildman–Crippen LogP) is 0.834. The number of methoxy groups -OCH3 is 1. The van der Waals surface area contributed by atoms with Gasteiger partial charge in [0.25, 0.3) is 0 Å². The van der Waals surface area contributed by atoms with Crippen molar-refractivity contribution < 1.29 is 9.15 Å². The Morgan fingerprint density at radius 3 is 2.86 bits per heavy atom. The summed E-state index contributed by atoms with van der Waals surface area (Å²) < 4.78 is 10.8. The lowest BCUT2D eigenvalue weighted by Gasteiger charge is -2.04. The van der Waals surface area contributed by atoms with Gasteiger partial charge in [0.1, 0.15) is 11.4 Å². The first-order chi connectivity index (χ1) is 6.83. The molecule has 0 N–H and O–H groups in total. The molecule has 0 radical (unpaired) electrons. The number of nitrogens with zero attached hydrogens (tertiary/aromatic N) is 2. The van der Waals surface area contributed by atoms with E-state index in [1.807, 2.05) is 6.07 Å². The first-order valence-corrected chi connectivity index (χ1v) is 3.99. The molecule has 0 bridgehead atoms. The van der Waals surface area contributed by atoms with Crippen LogP contribution in [0, 0.1) is 0 Å². The standard InChI is InChI=1S/C9H8N2O3/c1-13-8-5-3-2-4-7(8)11-9(12)14-6-10-11/h2-6H,1H3. The summed E-state index contributed by atoms with van der Waals surface area (Å²) in [5.41, 5.74) is 0.564. The van der Waals surface area contributed by atoms with E-state index in [1.165, 1.54) is 7.11 Å². The van der Waals surface area contributed by atoms with Crippen LogP contribution in [0.25, 0.3) is 5.69 Å². The van der Waals surface area contributed by atoms with Gasteiger partial charge in [-0.3, -0.25) is 0 Å². The maximum Gasteiger partial charge on any atom is 0.441 e. The fourth-order valence-electron chi connectivity index (χ4n) is 1.18. The maximum atomic E-state index is 11.2. The van der Waals surface area contributed by atoms with Crippen molar-refractivity contribution >= 4 is 0 Å². The SMILES string of the molecule is COc1ccccc1-n1ncoc1=O. The highest BCUT2D eigenvalue weighted by Crippen LogP contribution is 2.19. The van der Waals surface area contributed by atoms with Gasteiger partial charge < -0.3 is 9.15 Å². The Bertz CT molecular complexity index is 487. The molecule has 0 amide bonds. The molecule has 1 aromatic heterocycles. The van der Waals surface area contributed by atoms with Crippen LogP contribution in [0.4, 0.5) is 0 Å². The van der Waals surface area contributed by atoms with Crippen molar-refractivity contribution in [3.05, 3.63) is 41.2 Å². The Hall–Kier alpha value is -2.04. The largest absolute Gasteiger partial charge is 0.494 e. The Morgan fingerprint density at radius 1 is 1.43 bits per heavy atom. The summed E-state index contributed by atoms with van der Waals surface area (Å²) in [6.07, 6.45) is 1.09. The molecular formula is C9H8N2O3. The third kappa shape index (κ3) is 1.28. The quantitative estimate of drug-likeness (QED) is 0.707. The Labute approximate surface area is 79.5 Å².